The molecule has 2 aromatic rings. The average Bonchev–Trinajstić information content (AvgIpc) is 2.45. The molecule has 0 saturated heterocycles. The molecule has 0 aromatic heterocycles. The van der Waals surface area contributed by atoms with Gasteiger partial charge in [-0.15, -0.1) is 0 Å². The molecule has 1 unspecified atom stereocenters. The summed E-state index contributed by atoms with van der Waals surface area (Å²) in [5.41, 5.74) is -0.995. The highest BCUT2D eigenvalue weighted by Crippen LogP contribution is 2.32. The Hall–Kier alpha value is -1.87. The highest BCUT2D eigenvalue weighted by Gasteiger charge is 2.38. The predicted octanol–water partition coefficient (Wildman–Crippen LogP) is 2.61. The molecule has 0 saturated carbocycles. The van der Waals surface area contributed by atoms with Gasteiger partial charge in [-0.1, -0.05) is 49.4 Å². The monoisotopic (exact) mass is 244 g/mol. The third kappa shape index (κ3) is 1.87. The molecule has 3 heteroatoms. The van der Waals surface area contributed by atoms with Crippen molar-refractivity contribution in [2.75, 3.05) is 7.11 Å². The first-order chi connectivity index (χ1) is 8.63. The number of carbonyl (C=O) groups is 1. The molecule has 0 fully saturated rings. The van der Waals surface area contributed by atoms with E-state index in [0.29, 0.717) is 5.56 Å². The summed E-state index contributed by atoms with van der Waals surface area (Å²) in [6.45, 7) is 1.76. The number of methoxy groups -OCH3 is 1. The van der Waals surface area contributed by atoms with Crippen LogP contribution in [-0.2, 0) is 15.1 Å². The number of carbonyl (C=O) groups excluding carboxylic acids is 1. The average molecular weight is 244 g/mol. The first-order valence-electron chi connectivity index (χ1n) is 5.92. The summed E-state index contributed by atoms with van der Waals surface area (Å²) in [4.78, 5) is 11.8. The Labute approximate surface area is 106 Å². The molecule has 18 heavy (non-hydrogen) atoms. The lowest BCUT2D eigenvalue weighted by molar-refractivity contribution is -0.163. The molecule has 2 aromatic carbocycles. The summed E-state index contributed by atoms with van der Waals surface area (Å²) >= 11 is 0. The maximum Gasteiger partial charge on any atom is 0.342 e. The molecule has 94 valence electrons. The molecule has 2 rings (SSSR count). The number of fused-ring (bicyclic) bond motifs is 1. The lowest BCUT2D eigenvalue weighted by Gasteiger charge is -2.25. The van der Waals surface area contributed by atoms with Crippen molar-refractivity contribution in [3.8, 4) is 0 Å². The Bertz CT molecular complexity index is 571. The maximum absolute atomic E-state index is 11.8. The van der Waals surface area contributed by atoms with E-state index in [1.165, 1.54) is 7.11 Å². The largest absolute Gasteiger partial charge is 0.467 e. The van der Waals surface area contributed by atoms with Crippen LogP contribution in [0.3, 0.4) is 0 Å². The van der Waals surface area contributed by atoms with Gasteiger partial charge in [-0.05, 0) is 17.2 Å². The van der Waals surface area contributed by atoms with Crippen LogP contribution in [0.15, 0.2) is 42.5 Å². The maximum atomic E-state index is 11.8. The molecule has 0 bridgehead atoms. The van der Waals surface area contributed by atoms with E-state index < -0.39 is 11.6 Å². The Morgan fingerprint density at radius 2 is 1.89 bits per heavy atom. The van der Waals surface area contributed by atoms with E-state index in [2.05, 4.69) is 0 Å². The third-order valence-corrected chi connectivity index (χ3v) is 3.27. The van der Waals surface area contributed by atoms with Gasteiger partial charge in [-0.25, -0.2) is 4.79 Å². The number of hydrogen-bond acceptors (Lipinski definition) is 3. The topological polar surface area (TPSA) is 46.5 Å². The normalized spacial score (nSPS) is 14.2. The minimum absolute atomic E-state index is 0.272. The van der Waals surface area contributed by atoms with Crippen molar-refractivity contribution in [3.05, 3.63) is 48.0 Å². The van der Waals surface area contributed by atoms with E-state index >= 15 is 0 Å². The van der Waals surface area contributed by atoms with Gasteiger partial charge in [0, 0.05) is 5.56 Å². The Kier molecular flexibility index (Phi) is 3.34. The fourth-order valence-corrected chi connectivity index (χ4v) is 2.20. The van der Waals surface area contributed by atoms with Crippen LogP contribution in [0.2, 0.25) is 0 Å². The molecule has 0 aliphatic carbocycles. The number of esters is 1. The van der Waals surface area contributed by atoms with E-state index in [0.717, 1.165) is 10.8 Å². The van der Waals surface area contributed by atoms with Crippen LogP contribution in [-0.4, -0.2) is 18.2 Å². The lowest BCUT2D eigenvalue weighted by atomic mass is 9.87. The van der Waals surface area contributed by atoms with Gasteiger partial charge in [0.1, 0.15) is 0 Å². The highest BCUT2D eigenvalue weighted by atomic mass is 16.5. The fourth-order valence-electron chi connectivity index (χ4n) is 2.20. The molecule has 0 amide bonds. The van der Waals surface area contributed by atoms with Gasteiger partial charge < -0.3 is 9.84 Å². The minimum Gasteiger partial charge on any atom is -0.467 e. The Morgan fingerprint density at radius 1 is 1.22 bits per heavy atom. The SMILES string of the molecule is CCC(O)(C(=O)OC)c1cccc2ccccc12. The molecule has 0 heterocycles. The Balaban J connectivity index is 2.69. The summed E-state index contributed by atoms with van der Waals surface area (Å²) < 4.78 is 4.72. The van der Waals surface area contributed by atoms with Gasteiger partial charge in [0.15, 0.2) is 5.60 Å². The fraction of sp³-hybridized carbons (Fsp3) is 0.267. The number of aliphatic hydroxyl groups is 1. The Morgan fingerprint density at radius 3 is 2.56 bits per heavy atom. The van der Waals surface area contributed by atoms with Gasteiger partial charge in [-0.2, -0.15) is 0 Å². The number of ether oxygens (including phenoxy) is 1. The number of benzene rings is 2. The first kappa shape index (κ1) is 12.6. The molecular formula is C15H16O3. The molecule has 0 aliphatic rings. The zero-order valence-electron chi connectivity index (χ0n) is 10.5. The van der Waals surface area contributed by atoms with Crippen molar-refractivity contribution in [2.24, 2.45) is 0 Å². The molecule has 0 aliphatic heterocycles. The van der Waals surface area contributed by atoms with Crippen LogP contribution in [0, 0.1) is 0 Å². The summed E-state index contributed by atoms with van der Waals surface area (Å²) in [7, 11) is 1.29. The lowest BCUT2D eigenvalue weighted by Crippen LogP contribution is -2.36. The van der Waals surface area contributed by atoms with Crippen LogP contribution in [0.25, 0.3) is 10.8 Å². The van der Waals surface area contributed by atoms with E-state index in [9.17, 15) is 9.90 Å². The summed E-state index contributed by atoms with van der Waals surface area (Å²) in [6.07, 6.45) is 0.272. The van der Waals surface area contributed by atoms with E-state index in [4.69, 9.17) is 4.74 Å². The quantitative estimate of drug-likeness (QED) is 0.844. The zero-order chi connectivity index (χ0) is 13.2. The predicted molar refractivity (Wildman–Crippen MR) is 70.2 cm³/mol. The van der Waals surface area contributed by atoms with Crippen LogP contribution < -0.4 is 0 Å². The van der Waals surface area contributed by atoms with Crippen molar-refractivity contribution in [3.63, 3.8) is 0 Å². The molecule has 0 radical (unpaired) electrons. The molecule has 1 N–H and O–H groups in total. The van der Waals surface area contributed by atoms with E-state index in [1.807, 2.05) is 36.4 Å². The third-order valence-electron chi connectivity index (χ3n) is 3.27. The molecule has 0 spiro atoms. The van der Waals surface area contributed by atoms with Crippen LogP contribution in [0.4, 0.5) is 0 Å². The molecule has 3 nitrogen and oxygen atoms in total. The second-order valence-electron chi connectivity index (χ2n) is 4.23. The zero-order valence-corrected chi connectivity index (χ0v) is 10.5. The van der Waals surface area contributed by atoms with E-state index in [-0.39, 0.29) is 6.42 Å². The van der Waals surface area contributed by atoms with Gasteiger partial charge in [0.2, 0.25) is 0 Å². The van der Waals surface area contributed by atoms with Crippen molar-refractivity contribution in [1.29, 1.82) is 0 Å². The summed E-state index contributed by atoms with van der Waals surface area (Å²) in [5, 5.41) is 12.4. The van der Waals surface area contributed by atoms with Crippen molar-refractivity contribution in [2.45, 2.75) is 18.9 Å². The standard InChI is InChI=1S/C15H16O3/c1-3-15(17,14(16)18-2)13-10-6-8-11-7-4-5-9-12(11)13/h4-10,17H,3H2,1-2H3. The number of hydrogen-bond donors (Lipinski definition) is 1. The van der Waals surface area contributed by atoms with Crippen molar-refractivity contribution >= 4 is 16.7 Å². The van der Waals surface area contributed by atoms with Crippen molar-refractivity contribution < 1.29 is 14.6 Å². The second kappa shape index (κ2) is 4.78. The van der Waals surface area contributed by atoms with Crippen LogP contribution in [0.1, 0.15) is 18.9 Å². The van der Waals surface area contributed by atoms with Gasteiger partial charge in [0.05, 0.1) is 7.11 Å². The molecular weight excluding hydrogens is 228 g/mol. The van der Waals surface area contributed by atoms with Gasteiger partial charge in [-0.3, -0.25) is 0 Å². The van der Waals surface area contributed by atoms with E-state index in [1.54, 1.807) is 13.0 Å². The summed E-state index contributed by atoms with van der Waals surface area (Å²) in [6, 6.07) is 13.2. The summed E-state index contributed by atoms with van der Waals surface area (Å²) in [5.74, 6) is -0.624. The van der Waals surface area contributed by atoms with Gasteiger partial charge >= 0.3 is 5.97 Å². The van der Waals surface area contributed by atoms with Crippen molar-refractivity contribution in [1.82, 2.24) is 0 Å². The van der Waals surface area contributed by atoms with Crippen LogP contribution >= 0.6 is 0 Å². The molecule has 1 atom stereocenters. The van der Waals surface area contributed by atoms with Gasteiger partial charge in [0.25, 0.3) is 0 Å². The second-order valence-corrected chi connectivity index (χ2v) is 4.23. The smallest absolute Gasteiger partial charge is 0.342 e. The first-order valence-corrected chi connectivity index (χ1v) is 5.92. The highest BCUT2D eigenvalue weighted by molar-refractivity contribution is 5.92. The van der Waals surface area contributed by atoms with Crippen LogP contribution in [0.5, 0.6) is 0 Å². The number of rotatable bonds is 3. The minimum atomic E-state index is -1.59.